The number of halogens is 2. The smallest absolute Gasteiger partial charge is 0.322 e. The first-order valence-electron chi connectivity index (χ1n) is 9.91. The number of hydrogen-bond acceptors (Lipinski definition) is 3. The van der Waals surface area contributed by atoms with Crippen LogP contribution in [0.5, 0.6) is 0 Å². The predicted molar refractivity (Wildman–Crippen MR) is 122 cm³/mol. The Kier molecular flexibility index (Phi) is 8.10. The Labute approximate surface area is 189 Å². The summed E-state index contributed by atoms with van der Waals surface area (Å²) >= 11 is 1.52. The van der Waals surface area contributed by atoms with Gasteiger partial charge in [0, 0.05) is 23.7 Å². The molecule has 0 aliphatic rings. The number of carbonyl (C=O) groups is 2. The minimum Gasteiger partial charge on any atom is -0.332 e. The van der Waals surface area contributed by atoms with Gasteiger partial charge in [0.25, 0.3) is 0 Å². The number of anilines is 1. The summed E-state index contributed by atoms with van der Waals surface area (Å²) in [7, 11) is 0. The molecule has 166 valence electrons. The molecular weight excluding hydrogens is 432 g/mol. The van der Waals surface area contributed by atoms with Crippen LogP contribution in [0.2, 0.25) is 0 Å². The number of carbonyl (C=O) groups excluding carboxylic acids is 2. The lowest BCUT2D eigenvalue weighted by molar-refractivity contribution is -0.132. The third-order valence-corrected chi connectivity index (χ3v) is 5.47. The molecule has 0 fully saturated rings. The highest BCUT2D eigenvalue weighted by atomic mass is 32.1. The van der Waals surface area contributed by atoms with Gasteiger partial charge >= 0.3 is 6.03 Å². The van der Waals surface area contributed by atoms with E-state index in [1.54, 1.807) is 23.1 Å². The minimum atomic E-state index is -0.540. The second kappa shape index (κ2) is 11.2. The Morgan fingerprint density at radius 3 is 2.41 bits per heavy atom. The van der Waals surface area contributed by atoms with Crippen LogP contribution < -0.4 is 5.32 Å². The molecule has 3 aromatic rings. The highest BCUT2D eigenvalue weighted by Crippen LogP contribution is 2.16. The van der Waals surface area contributed by atoms with Gasteiger partial charge in [0.15, 0.2) is 0 Å². The lowest BCUT2D eigenvalue weighted by Gasteiger charge is -2.27. The molecule has 1 N–H and O–H groups in total. The van der Waals surface area contributed by atoms with Crippen molar-refractivity contribution in [2.75, 3.05) is 18.4 Å². The second-order valence-corrected chi connectivity index (χ2v) is 8.10. The predicted octanol–water partition coefficient (Wildman–Crippen LogP) is 5.28. The third-order valence-electron chi connectivity index (χ3n) is 4.60. The number of nitrogens with zero attached hydrogens (tertiary/aromatic N) is 2. The lowest BCUT2D eigenvalue weighted by Crippen LogP contribution is -2.44. The molecular formula is C24H23F2N3O2S. The van der Waals surface area contributed by atoms with Crippen LogP contribution in [0.1, 0.15) is 10.4 Å². The van der Waals surface area contributed by atoms with Crippen LogP contribution in [0.3, 0.4) is 0 Å². The zero-order chi connectivity index (χ0) is 22.9. The quantitative estimate of drug-likeness (QED) is 0.447. The van der Waals surface area contributed by atoms with E-state index in [4.69, 9.17) is 0 Å². The van der Waals surface area contributed by atoms with Crippen LogP contribution in [0.25, 0.3) is 0 Å². The fourth-order valence-corrected chi connectivity index (χ4v) is 3.76. The van der Waals surface area contributed by atoms with Crippen molar-refractivity contribution >= 4 is 29.0 Å². The van der Waals surface area contributed by atoms with Crippen LogP contribution >= 0.6 is 11.3 Å². The van der Waals surface area contributed by atoms with Crippen LogP contribution in [0.15, 0.2) is 78.7 Å². The lowest BCUT2D eigenvalue weighted by atomic mass is 10.2. The SMILES string of the molecule is C=CCN(CC(=O)N(Cc1ccc(F)cc1)Cc1cccs1)C(=O)Nc1cccc(F)c1. The van der Waals surface area contributed by atoms with Crippen molar-refractivity contribution in [3.63, 3.8) is 0 Å². The van der Waals surface area contributed by atoms with E-state index in [0.717, 1.165) is 10.4 Å². The topological polar surface area (TPSA) is 52.7 Å². The van der Waals surface area contributed by atoms with Crippen molar-refractivity contribution < 1.29 is 18.4 Å². The molecule has 0 unspecified atom stereocenters. The number of nitrogens with one attached hydrogen (secondary N) is 1. The van der Waals surface area contributed by atoms with Crippen molar-refractivity contribution in [3.05, 3.63) is 101 Å². The molecule has 0 bridgehead atoms. The largest absolute Gasteiger partial charge is 0.332 e. The van der Waals surface area contributed by atoms with Crippen molar-refractivity contribution in [2.45, 2.75) is 13.1 Å². The minimum absolute atomic E-state index is 0.135. The molecule has 1 aromatic heterocycles. The molecule has 0 aliphatic carbocycles. The standard InChI is InChI=1S/C24H23F2N3O2S/c1-2-12-28(24(31)27-21-6-3-5-20(26)14-21)17-23(30)29(16-22-7-4-13-32-22)15-18-8-10-19(25)11-9-18/h2-11,13-14H,1,12,15-17H2,(H,27,31). The van der Waals surface area contributed by atoms with Gasteiger partial charge in [-0.2, -0.15) is 0 Å². The Balaban J connectivity index is 1.73. The van der Waals surface area contributed by atoms with Crippen molar-refractivity contribution in [1.82, 2.24) is 9.80 Å². The van der Waals surface area contributed by atoms with E-state index in [2.05, 4.69) is 11.9 Å². The summed E-state index contributed by atoms with van der Waals surface area (Å²) < 4.78 is 26.7. The maximum absolute atomic E-state index is 13.4. The Hall–Kier alpha value is -3.52. The van der Waals surface area contributed by atoms with Gasteiger partial charge in [-0.1, -0.05) is 30.3 Å². The maximum Gasteiger partial charge on any atom is 0.322 e. The van der Waals surface area contributed by atoms with E-state index < -0.39 is 11.8 Å². The average molecular weight is 456 g/mol. The first kappa shape index (κ1) is 23.1. The molecule has 0 saturated carbocycles. The molecule has 8 heteroatoms. The van der Waals surface area contributed by atoms with E-state index >= 15 is 0 Å². The molecule has 0 aliphatic heterocycles. The number of urea groups is 1. The number of benzene rings is 2. The molecule has 0 spiro atoms. The van der Waals surface area contributed by atoms with Gasteiger partial charge in [-0.3, -0.25) is 4.79 Å². The molecule has 1 heterocycles. The molecule has 0 saturated heterocycles. The summed E-state index contributed by atoms with van der Waals surface area (Å²) in [5.74, 6) is -1.11. The van der Waals surface area contributed by atoms with Gasteiger partial charge in [0.2, 0.25) is 5.91 Å². The van der Waals surface area contributed by atoms with Gasteiger partial charge in [-0.25, -0.2) is 13.6 Å². The van der Waals surface area contributed by atoms with Crippen LogP contribution in [-0.4, -0.2) is 34.8 Å². The highest BCUT2D eigenvalue weighted by Gasteiger charge is 2.22. The normalized spacial score (nSPS) is 10.4. The maximum atomic E-state index is 13.4. The van der Waals surface area contributed by atoms with Gasteiger partial charge in [-0.15, -0.1) is 17.9 Å². The summed E-state index contributed by atoms with van der Waals surface area (Å²) in [6.07, 6.45) is 1.52. The van der Waals surface area contributed by atoms with E-state index in [-0.39, 0.29) is 31.4 Å². The summed E-state index contributed by atoms with van der Waals surface area (Å²) in [6.45, 7) is 4.22. The van der Waals surface area contributed by atoms with Gasteiger partial charge in [0.05, 0.1) is 6.54 Å². The average Bonchev–Trinajstić information content (AvgIpc) is 3.27. The number of thiophene rings is 1. The van der Waals surface area contributed by atoms with E-state index in [1.807, 2.05) is 17.5 Å². The highest BCUT2D eigenvalue weighted by molar-refractivity contribution is 7.09. The Bertz CT molecular complexity index is 1060. The molecule has 2 aromatic carbocycles. The van der Waals surface area contributed by atoms with Crippen molar-refractivity contribution in [3.8, 4) is 0 Å². The fourth-order valence-electron chi connectivity index (χ4n) is 3.04. The van der Waals surface area contributed by atoms with Crippen molar-refractivity contribution in [2.24, 2.45) is 0 Å². The number of rotatable bonds is 9. The molecule has 5 nitrogen and oxygen atoms in total. The van der Waals surface area contributed by atoms with Gasteiger partial charge in [0.1, 0.15) is 18.2 Å². The molecule has 3 amide bonds. The van der Waals surface area contributed by atoms with E-state index in [1.165, 1.54) is 52.6 Å². The number of hydrogen-bond donors (Lipinski definition) is 1. The monoisotopic (exact) mass is 455 g/mol. The van der Waals surface area contributed by atoms with Crippen LogP contribution in [0, 0.1) is 11.6 Å². The number of amides is 3. The molecule has 32 heavy (non-hydrogen) atoms. The second-order valence-electron chi connectivity index (χ2n) is 7.07. The van der Waals surface area contributed by atoms with Gasteiger partial charge < -0.3 is 15.1 Å². The van der Waals surface area contributed by atoms with Gasteiger partial charge in [-0.05, 0) is 47.3 Å². The molecule has 0 radical (unpaired) electrons. The van der Waals surface area contributed by atoms with E-state index in [9.17, 15) is 18.4 Å². The molecule has 0 atom stereocenters. The Morgan fingerprint density at radius 2 is 1.75 bits per heavy atom. The zero-order valence-corrected chi connectivity index (χ0v) is 18.2. The Morgan fingerprint density at radius 1 is 0.969 bits per heavy atom. The van der Waals surface area contributed by atoms with E-state index in [0.29, 0.717) is 12.2 Å². The van der Waals surface area contributed by atoms with Crippen molar-refractivity contribution in [1.29, 1.82) is 0 Å². The third kappa shape index (κ3) is 6.75. The first-order chi connectivity index (χ1) is 15.4. The summed E-state index contributed by atoms with van der Waals surface area (Å²) in [5.41, 5.74) is 1.06. The fraction of sp³-hybridized carbons (Fsp3) is 0.167. The van der Waals surface area contributed by atoms with Crippen LogP contribution in [-0.2, 0) is 17.9 Å². The first-order valence-corrected chi connectivity index (χ1v) is 10.8. The summed E-state index contributed by atoms with van der Waals surface area (Å²) in [5, 5.41) is 4.53. The zero-order valence-electron chi connectivity index (χ0n) is 17.3. The summed E-state index contributed by atoms with van der Waals surface area (Å²) in [4.78, 5) is 29.8. The van der Waals surface area contributed by atoms with Crippen LogP contribution in [0.4, 0.5) is 19.3 Å². The molecule has 3 rings (SSSR count). The summed E-state index contributed by atoms with van der Waals surface area (Å²) in [6, 6.07) is 14.8.